The van der Waals surface area contributed by atoms with E-state index in [9.17, 15) is 8.42 Å². The largest absolute Gasteiger partial charge is 0.497 e. The summed E-state index contributed by atoms with van der Waals surface area (Å²) in [5, 5.41) is 0. The van der Waals surface area contributed by atoms with Crippen molar-refractivity contribution >= 4 is 10.0 Å². The van der Waals surface area contributed by atoms with Crippen molar-refractivity contribution in [2.45, 2.75) is 24.6 Å². The molecular weight excluding hydrogens is 318 g/mol. The van der Waals surface area contributed by atoms with Crippen molar-refractivity contribution in [1.29, 1.82) is 0 Å². The first kappa shape index (κ1) is 16.0. The number of methoxy groups -OCH3 is 2. The van der Waals surface area contributed by atoms with Crippen LogP contribution < -0.4 is 4.74 Å². The summed E-state index contributed by atoms with van der Waals surface area (Å²) >= 11 is 0. The number of rotatable bonds is 5. The van der Waals surface area contributed by atoms with Gasteiger partial charge in [-0.1, -0.05) is 6.07 Å². The summed E-state index contributed by atoms with van der Waals surface area (Å²) in [6, 6.07) is 6.52. The zero-order valence-corrected chi connectivity index (χ0v) is 13.9. The molecule has 0 radical (unpaired) electrons. The number of imidazole rings is 1. The molecule has 0 atom stereocenters. The molecular formula is C15H19N3O4S. The average Bonchev–Trinajstić information content (AvgIpc) is 2.97. The fourth-order valence-corrected chi connectivity index (χ4v) is 4.09. The molecule has 0 amide bonds. The molecule has 1 aromatic carbocycles. The number of fused-ring (bicyclic) bond motifs is 1. The standard InChI is InChI=1S/C15H19N3O4S/c1-21-10-14-15-9-18(7-6-17(15)11-16-14)23(19,20)13-5-3-4-12(8-13)22-2/h3-5,8,11H,6-7,9-10H2,1-2H3. The van der Waals surface area contributed by atoms with Gasteiger partial charge in [-0.3, -0.25) is 0 Å². The Kier molecular flexibility index (Phi) is 4.38. The van der Waals surface area contributed by atoms with E-state index in [4.69, 9.17) is 9.47 Å². The maximum atomic E-state index is 12.9. The second-order valence-corrected chi connectivity index (χ2v) is 7.22. The van der Waals surface area contributed by atoms with E-state index in [0.717, 1.165) is 11.4 Å². The number of nitrogens with zero attached hydrogens (tertiary/aromatic N) is 3. The molecule has 2 heterocycles. The van der Waals surface area contributed by atoms with Crippen molar-refractivity contribution in [2.75, 3.05) is 20.8 Å². The van der Waals surface area contributed by atoms with Crippen molar-refractivity contribution in [3.63, 3.8) is 0 Å². The SMILES string of the molecule is COCc1ncn2c1CN(S(=O)(=O)c1cccc(OC)c1)CC2. The Morgan fingerprint density at radius 3 is 2.83 bits per heavy atom. The third kappa shape index (κ3) is 2.97. The van der Waals surface area contributed by atoms with E-state index in [1.807, 2.05) is 4.57 Å². The Bertz CT molecular complexity index is 801. The summed E-state index contributed by atoms with van der Waals surface area (Å²) in [5.74, 6) is 0.521. The molecule has 23 heavy (non-hydrogen) atoms. The zero-order valence-electron chi connectivity index (χ0n) is 13.1. The first-order chi connectivity index (χ1) is 11.1. The molecule has 7 nitrogen and oxygen atoms in total. The predicted molar refractivity (Wildman–Crippen MR) is 83.5 cm³/mol. The smallest absolute Gasteiger partial charge is 0.243 e. The van der Waals surface area contributed by atoms with E-state index in [-0.39, 0.29) is 11.4 Å². The topological polar surface area (TPSA) is 73.7 Å². The van der Waals surface area contributed by atoms with Gasteiger partial charge in [0.05, 0.1) is 42.9 Å². The van der Waals surface area contributed by atoms with Crippen LogP contribution in [0.5, 0.6) is 5.75 Å². The van der Waals surface area contributed by atoms with Crippen molar-refractivity contribution in [3.05, 3.63) is 42.0 Å². The first-order valence-corrected chi connectivity index (χ1v) is 8.66. The van der Waals surface area contributed by atoms with Crippen molar-refractivity contribution < 1.29 is 17.9 Å². The highest BCUT2D eigenvalue weighted by atomic mass is 32.2. The molecule has 8 heteroatoms. The quantitative estimate of drug-likeness (QED) is 0.821. The van der Waals surface area contributed by atoms with Crippen molar-refractivity contribution in [1.82, 2.24) is 13.9 Å². The molecule has 0 saturated carbocycles. The molecule has 0 N–H and O–H groups in total. The molecule has 2 aromatic rings. The van der Waals surface area contributed by atoms with Crippen molar-refractivity contribution in [2.24, 2.45) is 0 Å². The Hall–Kier alpha value is -1.90. The summed E-state index contributed by atoms with van der Waals surface area (Å²) in [6.45, 7) is 1.65. The van der Waals surface area contributed by atoms with E-state index in [0.29, 0.717) is 25.4 Å². The highest BCUT2D eigenvalue weighted by Gasteiger charge is 2.30. The van der Waals surface area contributed by atoms with Crippen LogP contribution in [0.1, 0.15) is 11.4 Å². The van der Waals surface area contributed by atoms with Crippen LogP contribution in [0.3, 0.4) is 0 Å². The number of hydrogen-bond donors (Lipinski definition) is 0. The van der Waals surface area contributed by atoms with Crippen LogP contribution in [0.4, 0.5) is 0 Å². The number of ether oxygens (including phenoxy) is 2. The average molecular weight is 337 g/mol. The molecule has 0 fully saturated rings. The van der Waals surface area contributed by atoms with Crippen LogP contribution >= 0.6 is 0 Å². The molecule has 1 aliphatic rings. The van der Waals surface area contributed by atoms with Crippen LogP contribution in [0.15, 0.2) is 35.5 Å². The summed E-state index contributed by atoms with van der Waals surface area (Å²) < 4.78 is 39.4. The van der Waals surface area contributed by atoms with Gasteiger partial charge in [-0.15, -0.1) is 0 Å². The molecule has 124 valence electrons. The molecule has 1 aliphatic heterocycles. The van der Waals surface area contributed by atoms with Gasteiger partial charge in [-0.25, -0.2) is 13.4 Å². The van der Waals surface area contributed by atoms with Crippen LogP contribution in [0, 0.1) is 0 Å². The lowest BCUT2D eigenvalue weighted by molar-refractivity contribution is 0.179. The van der Waals surface area contributed by atoms with Gasteiger partial charge < -0.3 is 14.0 Å². The van der Waals surface area contributed by atoms with Gasteiger partial charge in [0.25, 0.3) is 0 Å². The van der Waals surface area contributed by atoms with Gasteiger partial charge >= 0.3 is 0 Å². The van der Waals surface area contributed by atoms with E-state index in [2.05, 4.69) is 4.98 Å². The van der Waals surface area contributed by atoms with Gasteiger partial charge in [0.15, 0.2) is 0 Å². The number of benzene rings is 1. The van der Waals surface area contributed by atoms with Gasteiger partial charge in [0.1, 0.15) is 5.75 Å². The Balaban J connectivity index is 1.91. The first-order valence-electron chi connectivity index (χ1n) is 7.22. The molecule has 0 unspecified atom stereocenters. The van der Waals surface area contributed by atoms with E-state index in [1.54, 1.807) is 31.6 Å². The maximum absolute atomic E-state index is 12.9. The number of aromatic nitrogens is 2. The molecule has 0 aliphatic carbocycles. The van der Waals surface area contributed by atoms with E-state index < -0.39 is 10.0 Å². The Labute approximate surface area is 135 Å². The minimum atomic E-state index is -3.58. The van der Waals surface area contributed by atoms with Gasteiger partial charge in [-0.2, -0.15) is 4.31 Å². The van der Waals surface area contributed by atoms with Crippen LogP contribution in [-0.4, -0.2) is 43.0 Å². The predicted octanol–water partition coefficient (Wildman–Crippen LogP) is 1.24. The Morgan fingerprint density at radius 1 is 1.26 bits per heavy atom. The monoisotopic (exact) mass is 337 g/mol. The van der Waals surface area contributed by atoms with E-state index in [1.165, 1.54) is 17.5 Å². The molecule has 0 bridgehead atoms. The summed E-state index contributed by atoms with van der Waals surface area (Å²) in [7, 11) is -0.463. The lowest BCUT2D eigenvalue weighted by Crippen LogP contribution is -2.38. The van der Waals surface area contributed by atoms with Crippen LogP contribution in [-0.2, 0) is 34.5 Å². The number of hydrogen-bond acceptors (Lipinski definition) is 5. The highest BCUT2D eigenvalue weighted by Crippen LogP contribution is 2.25. The van der Waals surface area contributed by atoms with Gasteiger partial charge in [0, 0.05) is 26.3 Å². The minimum Gasteiger partial charge on any atom is -0.497 e. The molecule has 1 aromatic heterocycles. The van der Waals surface area contributed by atoms with E-state index >= 15 is 0 Å². The van der Waals surface area contributed by atoms with Crippen LogP contribution in [0.2, 0.25) is 0 Å². The second-order valence-electron chi connectivity index (χ2n) is 5.28. The third-order valence-corrected chi connectivity index (χ3v) is 5.75. The molecule has 0 saturated heterocycles. The second kappa shape index (κ2) is 6.31. The molecule has 3 rings (SSSR count). The summed E-state index contributed by atoms with van der Waals surface area (Å²) in [5.41, 5.74) is 1.66. The van der Waals surface area contributed by atoms with Crippen LogP contribution in [0.25, 0.3) is 0 Å². The third-order valence-electron chi connectivity index (χ3n) is 3.91. The fraction of sp³-hybridized carbons (Fsp3) is 0.400. The van der Waals surface area contributed by atoms with Gasteiger partial charge in [0.2, 0.25) is 10.0 Å². The highest BCUT2D eigenvalue weighted by molar-refractivity contribution is 7.89. The van der Waals surface area contributed by atoms with Gasteiger partial charge in [-0.05, 0) is 12.1 Å². The lowest BCUT2D eigenvalue weighted by atomic mass is 10.3. The molecule has 0 spiro atoms. The number of sulfonamides is 1. The maximum Gasteiger partial charge on any atom is 0.243 e. The van der Waals surface area contributed by atoms with Crippen molar-refractivity contribution in [3.8, 4) is 5.75 Å². The lowest BCUT2D eigenvalue weighted by Gasteiger charge is -2.28. The minimum absolute atomic E-state index is 0.234. The fourth-order valence-electron chi connectivity index (χ4n) is 2.66. The normalized spacial score (nSPS) is 15.4. The Morgan fingerprint density at radius 2 is 2.09 bits per heavy atom. The summed E-state index contributed by atoms with van der Waals surface area (Å²) in [6.07, 6.45) is 1.74. The summed E-state index contributed by atoms with van der Waals surface area (Å²) in [4.78, 5) is 4.54. The zero-order chi connectivity index (χ0) is 16.4.